The highest BCUT2D eigenvalue weighted by Crippen LogP contribution is 2.32. The minimum Gasteiger partial charge on any atom is -0.439 e. The minimum atomic E-state index is -1.01. The van der Waals surface area contributed by atoms with E-state index < -0.39 is 12.2 Å². The van der Waals surface area contributed by atoms with Gasteiger partial charge in [0.15, 0.2) is 6.10 Å². The van der Waals surface area contributed by atoms with Crippen molar-refractivity contribution in [1.82, 2.24) is 5.48 Å². The van der Waals surface area contributed by atoms with Crippen LogP contribution >= 0.6 is 23.2 Å². The molecular formula is C10H10Cl2N2O4. The summed E-state index contributed by atoms with van der Waals surface area (Å²) in [6.45, 7) is -0.175. The van der Waals surface area contributed by atoms with Crippen molar-refractivity contribution in [1.29, 1.82) is 0 Å². The average Bonchev–Trinajstić information content (AvgIpc) is 2.28. The number of halogens is 2. The fraction of sp³-hybridized carbons (Fsp3) is 0.200. The van der Waals surface area contributed by atoms with Crippen molar-refractivity contribution in [2.75, 3.05) is 6.61 Å². The molecule has 6 nitrogen and oxygen atoms in total. The standard InChI is InChI=1S/C10H10Cl2N2O4/c11-6-2-1-3-7(12)9(6)8(18-10(13)16)4-17-14-5-15/h1-3,5,8H,4H2,(H2,13,16)(H,14,15)/t8-/m0/s1. The number of nitrogens with one attached hydrogen (secondary N) is 1. The number of hydrogen-bond acceptors (Lipinski definition) is 4. The second-order valence-electron chi connectivity index (χ2n) is 3.11. The van der Waals surface area contributed by atoms with Crippen molar-refractivity contribution in [2.45, 2.75) is 6.10 Å². The van der Waals surface area contributed by atoms with E-state index in [1.54, 1.807) is 18.2 Å². The molecule has 0 radical (unpaired) electrons. The van der Waals surface area contributed by atoms with Crippen LogP contribution in [0, 0.1) is 0 Å². The van der Waals surface area contributed by atoms with Crippen LogP contribution in [0.4, 0.5) is 4.79 Å². The number of carbonyl (C=O) groups is 2. The lowest BCUT2D eigenvalue weighted by Crippen LogP contribution is -2.24. The van der Waals surface area contributed by atoms with Gasteiger partial charge in [0.25, 0.3) is 0 Å². The zero-order valence-corrected chi connectivity index (χ0v) is 10.6. The molecule has 0 unspecified atom stereocenters. The van der Waals surface area contributed by atoms with E-state index in [1.165, 1.54) is 0 Å². The van der Waals surface area contributed by atoms with Crippen molar-refractivity contribution >= 4 is 35.7 Å². The minimum absolute atomic E-state index is 0.175. The zero-order valence-electron chi connectivity index (χ0n) is 9.06. The van der Waals surface area contributed by atoms with Gasteiger partial charge in [-0.25, -0.2) is 10.3 Å². The highest BCUT2D eigenvalue weighted by atomic mass is 35.5. The normalized spacial score (nSPS) is 11.7. The molecule has 2 amide bonds. The van der Waals surface area contributed by atoms with Crippen LogP contribution in [-0.2, 0) is 14.4 Å². The highest BCUT2D eigenvalue weighted by Gasteiger charge is 2.21. The van der Waals surface area contributed by atoms with Crippen LogP contribution in [0.2, 0.25) is 10.0 Å². The lowest BCUT2D eigenvalue weighted by atomic mass is 10.1. The lowest BCUT2D eigenvalue weighted by Gasteiger charge is -2.18. The Bertz CT molecular complexity index is 422. The maximum atomic E-state index is 10.8. The molecule has 0 saturated carbocycles. The fourth-order valence-electron chi connectivity index (χ4n) is 1.29. The third-order valence-electron chi connectivity index (χ3n) is 1.95. The summed E-state index contributed by atoms with van der Waals surface area (Å²) in [5.74, 6) is 0. The van der Waals surface area contributed by atoms with Gasteiger partial charge in [-0.3, -0.25) is 9.63 Å². The Morgan fingerprint density at radius 2 is 2.06 bits per heavy atom. The SMILES string of the molecule is NC(=O)O[C@@H](CONC=O)c1c(Cl)cccc1Cl. The largest absolute Gasteiger partial charge is 0.439 e. The molecule has 18 heavy (non-hydrogen) atoms. The Kier molecular flexibility index (Phi) is 5.70. The predicted octanol–water partition coefficient (Wildman–Crippen LogP) is 1.81. The first kappa shape index (κ1) is 14.6. The molecule has 0 aromatic heterocycles. The molecule has 1 atom stereocenters. The molecule has 0 spiro atoms. The van der Waals surface area contributed by atoms with Crippen molar-refractivity contribution < 1.29 is 19.2 Å². The van der Waals surface area contributed by atoms with Crippen molar-refractivity contribution in [2.24, 2.45) is 5.73 Å². The maximum absolute atomic E-state index is 10.8. The van der Waals surface area contributed by atoms with Crippen LogP contribution in [-0.4, -0.2) is 19.1 Å². The van der Waals surface area contributed by atoms with Gasteiger partial charge in [-0.15, -0.1) is 0 Å². The number of ether oxygens (including phenoxy) is 1. The Hall–Kier alpha value is -1.50. The molecule has 0 saturated heterocycles. The molecule has 1 rings (SSSR count). The molecule has 0 fully saturated rings. The monoisotopic (exact) mass is 292 g/mol. The summed E-state index contributed by atoms with van der Waals surface area (Å²) in [5, 5.41) is 0.590. The number of hydroxylamine groups is 1. The van der Waals surface area contributed by atoms with E-state index in [0.29, 0.717) is 22.0 Å². The van der Waals surface area contributed by atoms with Gasteiger partial charge in [0.05, 0.1) is 0 Å². The van der Waals surface area contributed by atoms with Gasteiger partial charge in [-0.1, -0.05) is 29.3 Å². The summed E-state index contributed by atoms with van der Waals surface area (Å²) < 4.78 is 4.83. The smallest absolute Gasteiger partial charge is 0.405 e. The Morgan fingerprint density at radius 1 is 1.44 bits per heavy atom. The van der Waals surface area contributed by atoms with E-state index in [0.717, 1.165) is 0 Å². The first-order valence-corrected chi connectivity index (χ1v) is 5.52. The maximum Gasteiger partial charge on any atom is 0.405 e. The second-order valence-corrected chi connectivity index (χ2v) is 3.92. The van der Waals surface area contributed by atoms with Gasteiger partial charge in [-0.2, -0.15) is 0 Å². The Balaban J connectivity index is 2.93. The van der Waals surface area contributed by atoms with Crippen LogP contribution in [0.25, 0.3) is 0 Å². The van der Waals surface area contributed by atoms with Gasteiger partial charge >= 0.3 is 6.09 Å². The first-order valence-electron chi connectivity index (χ1n) is 4.77. The molecule has 1 aromatic carbocycles. The van der Waals surface area contributed by atoms with E-state index in [1.807, 2.05) is 5.48 Å². The van der Waals surface area contributed by atoms with E-state index in [4.69, 9.17) is 38.5 Å². The van der Waals surface area contributed by atoms with Gasteiger partial charge < -0.3 is 10.5 Å². The molecule has 0 aliphatic rings. The summed E-state index contributed by atoms with van der Waals surface area (Å²) in [5.41, 5.74) is 7.26. The number of rotatable bonds is 6. The van der Waals surface area contributed by atoms with Crippen LogP contribution in [0.15, 0.2) is 18.2 Å². The van der Waals surface area contributed by atoms with Crippen LogP contribution in [0.1, 0.15) is 11.7 Å². The van der Waals surface area contributed by atoms with Gasteiger partial charge in [-0.05, 0) is 12.1 Å². The average molecular weight is 293 g/mol. The number of benzene rings is 1. The number of carbonyl (C=O) groups excluding carboxylic acids is 2. The molecule has 0 heterocycles. The summed E-state index contributed by atoms with van der Waals surface area (Å²) in [7, 11) is 0. The number of primary amides is 1. The predicted molar refractivity (Wildman–Crippen MR) is 65.0 cm³/mol. The number of nitrogens with two attached hydrogens (primary N) is 1. The first-order chi connectivity index (χ1) is 8.56. The van der Waals surface area contributed by atoms with Crippen molar-refractivity contribution in [3.05, 3.63) is 33.8 Å². The van der Waals surface area contributed by atoms with Crippen molar-refractivity contribution in [3.63, 3.8) is 0 Å². The van der Waals surface area contributed by atoms with E-state index >= 15 is 0 Å². The topological polar surface area (TPSA) is 90.7 Å². The molecule has 8 heteroatoms. The molecule has 1 aromatic rings. The lowest BCUT2D eigenvalue weighted by molar-refractivity contribution is -0.123. The summed E-state index contributed by atoms with van der Waals surface area (Å²) in [4.78, 5) is 25.6. The molecule has 0 aliphatic carbocycles. The quantitative estimate of drug-likeness (QED) is 0.475. The Labute approximate surface area is 113 Å². The van der Waals surface area contributed by atoms with Crippen LogP contribution in [0.5, 0.6) is 0 Å². The van der Waals surface area contributed by atoms with Crippen LogP contribution < -0.4 is 11.2 Å². The second kappa shape index (κ2) is 7.05. The third-order valence-corrected chi connectivity index (χ3v) is 2.61. The van der Waals surface area contributed by atoms with E-state index in [-0.39, 0.29) is 6.61 Å². The van der Waals surface area contributed by atoms with Crippen LogP contribution in [0.3, 0.4) is 0 Å². The number of amides is 2. The van der Waals surface area contributed by atoms with Gasteiger partial charge in [0.1, 0.15) is 6.61 Å². The van der Waals surface area contributed by atoms with E-state index in [2.05, 4.69) is 0 Å². The summed E-state index contributed by atoms with van der Waals surface area (Å²) in [6, 6.07) is 4.79. The molecule has 98 valence electrons. The number of hydrogen-bond donors (Lipinski definition) is 2. The van der Waals surface area contributed by atoms with Crippen molar-refractivity contribution in [3.8, 4) is 0 Å². The third kappa shape index (κ3) is 4.06. The Morgan fingerprint density at radius 3 is 2.56 bits per heavy atom. The summed E-state index contributed by atoms with van der Waals surface area (Å²) >= 11 is 11.9. The molecular weight excluding hydrogens is 283 g/mol. The zero-order chi connectivity index (χ0) is 13.5. The highest BCUT2D eigenvalue weighted by molar-refractivity contribution is 6.36. The molecule has 0 aliphatic heterocycles. The van der Waals surface area contributed by atoms with Gasteiger partial charge in [0.2, 0.25) is 6.41 Å². The fourth-order valence-corrected chi connectivity index (χ4v) is 1.93. The van der Waals surface area contributed by atoms with E-state index in [9.17, 15) is 9.59 Å². The van der Waals surface area contributed by atoms with Gasteiger partial charge in [0, 0.05) is 15.6 Å². The summed E-state index contributed by atoms with van der Waals surface area (Å²) in [6.07, 6.45) is -1.60. The molecule has 3 N–H and O–H groups in total. The molecule has 0 bridgehead atoms.